The lowest BCUT2D eigenvalue weighted by molar-refractivity contribution is 0.0950. The molecule has 2 N–H and O–H groups in total. The van der Waals surface area contributed by atoms with Gasteiger partial charge in [0.05, 0.1) is 20.3 Å². The zero-order chi connectivity index (χ0) is 24.4. The number of thiazole rings is 1. The second-order valence-electron chi connectivity index (χ2n) is 7.61. The molecule has 0 aliphatic carbocycles. The van der Waals surface area contributed by atoms with Gasteiger partial charge < -0.3 is 9.73 Å². The number of thiocarbonyl (C=S) groups is 1. The van der Waals surface area contributed by atoms with Crippen molar-refractivity contribution in [2.45, 2.75) is 6.54 Å². The molecule has 0 bridgehead atoms. The van der Waals surface area contributed by atoms with Gasteiger partial charge in [-0.15, -0.1) is 11.3 Å². The van der Waals surface area contributed by atoms with Crippen molar-refractivity contribution >= 4 is 68.0 Å². The fourth-order valence-electron chi connectivity index (χ4n) is 3.42. The Kier molecular flexibility index (Phi) is 6.83. The first-order valence-electron chi connectivity index (χ1n) is 10.6. The van der Waals surface area contributed by atoms with Crippen LogP contribution in [0, 0.1) is 0 Å². The second-order valence-corrected chi connectivity index (χ2v) is 9.87. The molecule has 0 spiro atoms. The van der Waals surface area contributed by atoms with Gasteiger partial charge in [0, 0.05) is 17.7 Å². The topological polar surface area (TPSA) is 67.2 Å². The molecule has 35 heavy (non-hydrogen) atoms. The van der Waals surface area contributed by atoms with Crippen LogP contribution in [0.3, 0.4) is 0 Å². The third kappa shape index (κ3) is 5.39. The highest BCUT2D eigenvalue weighted by Crippen LogP contribution is 2.31. The lowest BCUT2D eigenvalue weighted by Crippen LogP contribution is -2.38. The zero-order valence-electron chi connectivity index (χ0n) is 18.0. The van der Waals surface area contributed by atoms with Crippen LogP contribution in [0.15, 0.2) is 83.3 Å². The van der Waals surface area contributed by atoms with E-state index in [1.165, 1.54) is 0 Å². The zero-order valence-corrected chi connectivity index (χ0v) is 21.2. The molecule has 0 aliphatic heterocycles. The molecule has 0 saturated carbocycles. The fraction of sp³-hybridized carbons (Fsp3) is 0.0385. The number of hydrogen-bond acceptors (Lipinski definition) is 5. The van der Waals surface area contributed by atoms with E-state index in [1.54, 1.807) is 41.7 Å². The van der Waals surface area contributed by atoms with Gasteiger partial charge in [-0.1, -0.05) is 59.6 Å². The molecular formula is C26H17Cl2N3O2S2. The van der Waals surface area contributed by atoms with Crippen LogP contribution < -0.4 is 10.6 Å². The van der Waals surface area contributed by atoms with Crippen LogP contribution in [0.25, 0.3) is 32.1 Å². The summed E-state index contributed by atoms with van der Waals surface area (Å²) in [6, 6.07) is 24.6. The SMILES string of the molecule is O=C(NC(=S)NCc1ccc(-c2nc3ccccc3s2)cc1)c1ccc(-c2ccc(Cl)c(Cl)c2)o1. The van der Waals surface area contributed by atoms with Crippen molar-refractivity contribution in [1.82, 2.24) is 15.6 Å². The summed E-state index contributed by atoms with van der Waals surface area (Å²) in [5, 5.41) is 7.72. The number of hydrogen-bond donors (Lipinski definition) is 2. The van der Waals surface area contributed by atoms with Crippen molar-refractivity contribution in [2.75, 3.05) is 0 Å². The number of carbonyl (C=O) groups is 1. The normalized spacial score (nSPS) is 10.9. The summed E-state index contributed by atoms with van der Waals surface area (Å²) in [5.41, 5.74) is 3.79. The highest BCUT2D eigenvalue weighted by molar-refractivity contribution is 7.80. The van der Waals surface area contributed by atoms with E-state index >= 15 is 0 Å². The van der Waals surface area contributed by atoms with Crippen molar-refractivity contribution in [1.29, 1.82) is 0 Å². The first kappa shape index (κ1) is 23.5. The number of para-hydroxylation sites is 1. The molecule has 0 aliphatic rings. The Morgan fingerprint density at radius 2 is 1.71 bits per heavy atom. The van der Waals surface area contributed by atoms with E-state index in [1.807, 2.05) is 42.5 Å². The van der Waals surface area contributed by atoms with Crippen molar-refractivity contribution in [3.8, 4) is 21.9 Å². The molecule has 0 saturated heterocycles. The summed E-state index contributed by atoms with van der Waals surface area (Å²) in [4.78, 5) is 17.2. The number of nitrogens with one attached hydrogen (secondary N) is 2. The van der Waals surface area contributed by atoms with Crippen LogP contribution in [0.4, 0.5) is 0 Å². The van der Waals surface area contributed by atoms with E-state index in [2.05, 4.69) is 16.7 Å². The Hall–Kier alpha value is -3.23. The summed E-state index contributed by atoms with van der Waals surface area (Å²) in [7, 11) is 0. The molecule has 5 nitrogen and oxygen atoms in total. The monoisotopic (exact) mass is 537 g/mol. The molecule has 0 radical (unpaired) electrons. The Morgan fingerprint density at radius 1 is 0.943 bits per heavy atom. The van der Waals surface area contributed by atoms with E-state index in [9.17, 15) is 4.79 Å². The van der Waals surface area contributed by atoms with Crippen LogP contribution in [0.5, 0.6) is 0 Å². The predicted octanol–water partition coefficient (Wildman–Crippen LogP) is 7.33. The average Bonchev–Trinajstić information content (AvgIpc) is 3.53. The standard InChI is InChI=1S/C26H17Cl2N3O2S2/c27-18-10-9-17(13-19(18)28)21-11-12-22(33-21)24(32)31-26(34)29-14-15-5-7-16(8-6-15)25-30-20-3-1-2-4-23(20)35-25/h1-13H,14H2,(H2,29,31,32,34). The van der Waals surface area contributed by atoms with Crippen molar-refractivity contribution in [3.05, 3.63) is 100 Å². The van der Waals surface area contributed by atoms with Gasteiger partial charge in [0.1, 0.15) is 10.8 Å². The predicted molar refractivity (Wildman–Crippen MR) is 146 cm³/mol. The second kappa shape index (κ2) is 10.2. The smallest absolute Gasteiger partial charge is 0.293 e. The van der Waals surface area contributed by atoms with E-state index < -0.39 is 5.91 Å². The molecule has 0 atom stereocenters. The maximum atomic E-state index is 12.5. The summed E-state index contributed by atoms with van der Waals surface area (Å²) in [5.74, 6) is 0.191. The van der Waals surface area contributed by atoms with E-state index in [0.29, 0.717) is 27.9 Å². The molecule has 9 heteroatoms. The van der Waals surface area contributed by atoms with Crippen LogP contribution in [-0.2, 0) is 6.54 Å². The molecule has 5 rings (SSSR count). The molecule has 0 unspecified atom stereocenters. The van der Waals surface area contributed by atoms with Gasteiger partial charge >= 0.3 is 0 Å². The number of rotatable bonds is 5. The fourth-order valence-corrected chi connectivity index (χ4v) is 4.85. The highest BCUT2D eigenvalue weighted by Gasteiger charge is 2.14. The van der Waals surface area contributed by atoms with Gasteiger partial charge in [-0.3, -0.25) is 10.1 Å². The molecule has 174 valence electrons. The van der Waals surface area contributed by atoms with Crippen molar-refractivity contribution in [2.24, 2.45) is 0 Å². The van der Waals surface area contributed by atoms with Gasteiger partial charge in [0.2, 0.25) is 0 Å². The summed E-state index contributed by atoms with van der Waals surface area (Å²) in [6.07, 6.45) is 0. The third-order valence-corrected chi connectivity index (χ3v) is 7.28. The molecule has 1 amide bonds. The number of halogens is 2. The lowest BCUT2D eigenvalue weighted by atomic mass is 10.1. The van der Waals surface area contributed by atoms with Crippen LogP contribution in [0.2, 0.25) is 10.0 Å². The third-order valence-electron chi connectivity index (χ3n) is 5.21. The number of furan rings is 1. The van der Waals surface area contributed by atoms with Gasteiger partial charge in [-0.05, 0) is 60.2 Å². The molecule has 3 aromatic carbocycles. The maximum Gasteiger partial charge on any atom is 0.293 e. The minimum atomic E-state index is -0.444. The Balaban J connectivity index is 1.17. The highest BCUT2D eigenvalue weighted by atomic mass is 35.5. The van der Waals surface area contributed by atoms with Gasteiger partial charge in [-0.25, -0.2) is 4.98 Å². The first-order chi connectivity index (χ1) is 17.0. The van der Waals surface area contributed by atoms with E-state index in [0.717, 1.165) is 26.4 Å². The molecule has 0 fully saturated rings. The summed E-state index contributed by atoms with van der Waals surface area (Å²) in [6.45, 7) is 0.464. The number of benzene rings is 3. The number of amides is 1. The van der Waals surface area contributed by atoms with Gasteiger partial charge in [-0.2, -0.15) is 0 Å². The number of carbonyl (C=O) groups excluding carboxylic acids is 1. The Morgan fingerprint density at radius 3 is 2.49 bits per heavy atom. The number of aromatic nitrogens is 1. The van der Waals surface area contributed by atoms with Crippen molar-refractivity contribution < 1.29 is 9.21 Å². The Bertz CT molecular complexity index is 1510. The Labute approximate surface area is 220 Å². The van der Waals surface area contributed by atoms with Gasteiger partial charge in [0.15, 0.2) is 10.9 Å². The maximum absolute atomic E-state index is 12.5. The number of nitrogens with zero attached hydrogens (tertiary/aromatic N) is 1. The van der Waals surface area contributed by atoms with Crippen LogP contribution in [-0.4, -0.2) is 16.0 Å². The van der Waals surface area contributed by atoms with Crippen LogP contribution >= 0.6 is 46.8 Å². The minimum Gasteiger partial charge on any atom is -0.451 e. The lowest BCUT2D eigenvalue weighted by Gasteiger charge is -2.09. The van der Waals surface area contributed by atoms with Crippen LogP contribution in [0.1, 0.15) is 16.1 Å². The molecule has 5 aromatic rings. The van der Waals surface area contributed by atoms with E-state index in [-0.39, 0.29) is 10.9 Å². The quantitative estimate of drug-likeness (QED) is 0.229. The molecule has 2 aromatic heterocycles. The molecular weight excluding hydrogens is 521 g/mol. The largest absolute Gasteiger partial charge is 0.451 e. The minimum absolute atomic E-state index is 0.135. The average molecular weight is 538 g/mol. The first-order valence-corrected chi connectivity index (χ1v) is 12.5. The van der Waals surface area contributed by atoms with E-state index in [4.69, 9.17) is 44.8 Å². The summed E-state index contributed by atoms with van der Waals surface area (Å²) >= 11 is 19.0. The van der Waals surface area contributed by atoms with Gasteiger partial charge in [0.25, 0.3) is 5.91 Å². The molecule has 2 heterocycles. The summed E-state index contributed by atoms with van der Waals surface area (Å²) < 4.78 is 6.82. The van der Waals surface area contributed by atoms with Crippen molar-refractivity contribution in [3.63, 3.8) is 0 Å². The number of fused-ring (bicyclic) bond motifs is 1.